The molecule has 0 unspecified atom stereocenters. The van der Waals surface area contributed by atoms with Crippen LogP contribution in [-0.2, 0) is 18.3 Å². The molecule has 4 heteroatoms. The van der Waals surface area contributed by atoms with Crippen molar-refractivity contribution in [2.45, 2.75) is 31.9 Å². The highest BCUT2D eigenvalue weighted by Gasteiger charge is 2.16. The van der Waals surface area contributed by atoms with Crippen LogP contribution in [0.3, 0.4) is 0 Å². The van der Waals surface area contributed by atoms with Gasteiger partial charge in [-0.1, -0.05) is 32.9 Å². The topological polar surface area (TPSA) is 34.9 Å². The van der Waals surface area contributed by atoms with Gasteiger partial charge < -0.3 is 4.57 Å². The van der Waals surface area contributed by atoms with E-state index in [0.29, 0.717) is 12.2 Å². The molecule has 0 aliphatic heterocycles. The van der Waals surface area contributed by atoms with Crippen LogP contribution in [0.4, 0.5) is 0 Å². The molecule has 0 atom stereocenters. The van der Waals surface area contributed by atoms with E-state index in [2.05, 4.69) is 25.8 Å². The van der Waals surface area contributed by atoms with Crippen LogP contribution in [0.1, 0.15) is 26.6 Å². The molecule has 0 radical (unpaired) electrons. The number of carbonyl (C=O) groups excluding carboxylic acids is 1. The molecule has 0 N–H and O–H groups in total. The fourth-order valence-electron chi connectivity index (χ4n) is 1.88. The van der Waals surface area contributed by atoms with E-state index < -0.39 is 0 Å². The van der Waals surface area contributed by atoms with E-state index in [0.717, 1.165) is 16.9 Å². The highest BCUT2D eigenvalue weighted by molar-refractivity contribution is 8.01. The second-order valence-corrected chi connectivity index (χ2v) is 7.49. The minimum Gasteiger partial charge on any atom is -0.331 e. The molecule has 0 saturated heterocycles. The van der Waals surface area contributed by atoms with Gasteiger partial charge in [-0.2, -0.15) is 0 Å². The summed E-state index contributed by atoms with van der Waals surface area (Å²) in [6, 6.07) is 7.97. The molecule has 1 aromatic heterocycles. The summed E-state index contributed by atoms with van der Waals surface area (Å²) in [6.45, 7) is 6.38. The van der Waals surface area contributed by atoms with Crippen molar-refractivity contribution in [2.24, 2.45) is 7.05 Å². The van der Waals surface area contributed by atoms with Crippen LogP contribution in [0.2, 0.25) is 0 Å². The number of para-hydroxylation sites is 2. The molecule has 0 aliphatic carbocycles. The van der Waals surface area contributed by atoms with Crippen LogP contribution in [0.15, 0.2) is 24.3 Å². The first-order chi connectivity index (χ1) is 8.87. The molecule has 2 rings (SSSR count). The number of aromatic nitrogens is 2. The summed E-state index contributed by atoms with van der Waals surface area (Å²) >= 11 is 1.69. The first-order valence-electron chi connectivity index (χ1n) is 6.43. The summed E-state index contributed by atoms with van der Waals surface area (Å²) in [4.78, 5) is 16.5. The van der Waals surface area contributed by atoms with Crippen molar-refractivity contribution in [3.63, 3.8) is 0 Å². The van der Waals surface area contributed by atoms with Crippen molar-refractivity contribution in [2.75, 3.05) is 5.75 Å². The zero-order valence-electron chi connectivity index (χ0n) is 11.9. The Morgan fingerprint density at radius 3 is 2.63 bits per heavy atom. The summed E-state index contributed by atoms with van der Waals surface area (Å²) in [7, 11) is 1.97. The van der Waals surface area contributed by atoms with E-state index in [-0.39, 0.29) is 10.5 Å². The number of aryl methyl sites for hydroxylation is 1. The SMILES string of the molecule is Cn1c(CC(=O)CSC(C)(C)C)nc2ccccc21. The number of carbonyl (C=O) groups is 1. The fraction of sp³-hybridized carbons (Fsp3) is 0.467. The Kier molecular flexibility index (Phi) is 3.99. The van der Waals surface area contributed by atoms with E-state index in [9.17, 15) is 4.79 Å². The lowest BCUT2D eigenvalue weighted by Gasteiger charge is -2.16. The Morgan fingerprint density at radius 2 is 2.00 bits per heavy atom. The number of hydrogen-bond donors (Lipinski definition) is 0. The molecule has 1 heterocycles. The summed E-state index contributed by atoms with van der Waals surface area (Å²) in [6.07, 6.45) is 0.411. The van der Waals surface area contributed by atoms with Crippen molar-refractivity contribution in [3.8, 4) is 0 Å². The molecule has 19 heavy (non-hydrogen) atoms. The summed E-state index contributed by atoms with van der Waals surface area (Å²) in [5.74, 6) is 1.63. The molecule has 0 spiro atoms. The van der Waals surface area contributed by atoms with Gasteiger partial charge in [-0.3, -0.25) is 4.79 Å². The summed E-state index contributed by atoms with van der Waals surface area (Å²) in [5, 5.41) is 0. The number of rotatable bonds is 4. The molecule has 102 valence electrons. The Bertz CT molecular complexity index is 596. The van der Waals surface area contributed by atoms with E-state index in [1.165, 1.54) is 0 Å². The van der Waals surface area contributed by atoms with Crippen molar-refractivity contribution < 1.29 is 4.79 Å². The Hall–Kier alpha value is -1.29. The third-order valence-corrected chi connectivity index (χ3v) is 4.23. The third kappa shape index (κ3) is 3.60. The molecular formula is C15H20N2OS. The largest absolute Gasteiger partial charge is 0.331 e. The van der Waals surface area contributed by atoms with Crippen molar-refractivity contribution >= 4 is 28.6 Å². The lowest BCUT2D eigenvalue weighted by atomic mass is 10.3. The lowest BCUT2D eigenvalue weighted by molar-refractivity contribution is -0.116. The molecule has 2 aromatic rings. The third-order valence-electron chi connectivity index (χ3n) is 2.90. The van der Waals surface area contributed by atoms with Crippen LogP contribution in [0.5, 0.6) is 0 Å². The minimum absolute atomic E-state index is 0.127. The second kappa shape index (κ2) is 5.37. The predicted molar refractivity (Wildman–Crippen MR) is 81.6 cm³/mol. The normalized spacial score (nSPS) is 12.0. The van der Waals surface area contributed by atoms with E-state index in [1.54, 1.807) is 11.8 Å². The highest BCUT2D eigenvalue weighted by atomic mass is 32.2. The number of hydrogen-bond acceptors (Lipinski definition) is 3. The summed E-state index contributed by atoms with van der Waals surface area (Å²) in [5.41, 5.74) is 2.03. The fourth-order valence-corrected chi connectivity index (χ4v) is 2.57. The van der Waals surface area contributed by atoms with Crippen LogP contribution < -0.4 is 0 Å². The first kappa shape index (κ1) is 14.1. The number of benzene rings is 1. The van der Waals surface area contributed by atoms with Gasteiger partial charge in [0.05, 0.1) is 23.2 Å². The van der Waals surface area contributed by atoms with Crippen molar-refractivity contribution in [3.05, 3.63) is 30.1 Å². The molecule has 0 aliphatic rings. The number of imidazole rings is 1. The number of thioether (sulfide) groups is 1. The molecule has 0 fully saturated rings. The van der Waals surface area contributed by atoms with Gasteiger partial charge in [-0.15, -0.1) is 11.8 Å². The van der Waals surface area contributed by atoms with E-state index in [1.807, 2.05) is 35.9 Å². The average Bonchev–Trinajstić information content (AvgIpc) is 2.64. The maximum atomic E-state index is 12.0. The predicted octanol–water partition coefficient (Wildman–Crippen LogP) is 3.22. The molecule has 1 aromatic carbocycles. The number of fused-ring (bicyclic) bond motifs is 1. The number of Topliss-reactive ketones (excluding diaryl/α,β-unsaturated/α-hetero) is 1. The van der Waals surface area contributed by atoms with Gasteiger partial charge >= 0.3 is 0 Å². The minimum atomic E-state index is 0.127. The maximum absolute atomic E-state index is 12.0. The Labute approximate surface area is 118 Å². The number of ketones is 1. The average molecular weight is 276 g/mol. The van der Waals surface area contributed by atoms with Gasteiger partial charge in [-0.05, 0) is 12.1 Å². The molecule has 0 amide bonds. The molecule has 0 bridgehead atoms. The zero-order valence-corrected chi connectivity index (χ0v) is 12.8. The standard InChI is InChI=1S/C15H20N2OS/c1-15(2,3)19-10-11(18)9-14-16-12-7-5-6-8-13(12)17(14)4/h5-8H,9-10H2,1-4H3. The van der Waals surface area contributed by atoms with Crippen LogP contribution >= 0.6 is 11.8 Å². The first-order valence-corrected chi connectivity index (χ1v) is 7.41. The monoisotopic (exact) mass is 276 g/mol. The number of nitrogens with zero attached hydrogens (tertiary/aromatic N) is 2. The Balaban J connectivity index is 2.09. The zero-order chi connectivity index (χ0) is 14.0. The van der Waals surface area contributed by atoms with Crippen molar-refractivity contribution in [1.29, 1.82) is 0 Å². The lowest BCUT2D eigenvalue weighted by Crippen LogP contribution is -2.15. The molecule has 0 saturated carbocycles. The van der Waals surface area contributed by atoms with Gasteiger partial charge in [0.1, 0.15) is 11.6 Å². The van der Waals surface area contributed by atoms with Crippen LogP contribution in [0.25, 0.3) is 11.0 Å². The Morgan fingerprint density at radius 1 is 1.32 bits per heavy atom. The molecular weight excluding hydrogens is 256 g/mol. The smallest absolute Gasteiger partial charge is 0.150 e. The van der Waals surface area contributed by atoms with Gasteiger partial charge in [0.25, 0.3) is 0 Å². The van der Waals surface area contributed by atoms with Crippen LogP contribution in [0, 0.1) is 0 Å². The quantitative estimate of drug-likeness (QED) is 0.860. The van der Waals surface area contributed by atoms with Gasteiger partial charge in [-0.25, -0.2) is 4.98 Å². The highest BCUT2D eigenvalue weighted by Crippen LogP contribution is 2.23. The second-order valence-electron chi connectivity index (χ2n) is 5.69. The van der Waals surface area contributed by atoms with Gasteiger partial charge in [0, 0.05) is 11.8 Å². The van der Waals surface area contributed by atoms with E-state index in [4.69, 9.17) is 0 Å². The van der Waals surface area contributed by atoms with Crippen molar-refractivity contribution in [1.82, 2.24) is 9.55 Å². The molecule has 3 nitrogen and oxygen atoms in total. The van der Waals surface area contributed by atoms with E-state index >= 15 is 0 Å². The maximum Gasteiger partial charge on any atom is 0.150 e. The van der Waals surface area contributed by atoms with Gasteiger partial charge in [0.2, 0.25) is 0 Å². The van der Waals surface area contributed by atoms with Gasteiger partial charge in [0.15, 0.2) is 0 Å². The van der Waals surface area contributed by atoms with Crippen LogP contribution in [-0.4, -0.2) is 25.8 Å². The summed E-state index contributed by atoms with van der Waals surface area (Å²) < 4.78 is 2.14.